The largest absolute Gasteiger partial charge is 0.492 e. The van der Waals surface area contributed by atoms with Crippen molar-refractivity contribution in [3.05, 3.63) is 24.3 Å². The molecule has 2 saturated carbocycles. The predicted octanol–water partition coefficient (Wildman–Crippen LogP) is 3.35. The van der Waals surface area contributed by atoms with Crippen molar-refractivity contribution in [3.8, 4) is 5.75 Å². The van der Waals surface area contributed by atoms with Gasteiger partial charge in [0.15, 0.2) is 6.10 Å². The summed E-state index contributed by atoms with van der Waals surface area (Å²) >= 11 is 0. The van der Waals surface area contributed by atoms with Gasteiger partial charge in [-0.25, -0.2) is 0 Å². The Morgan fingerprint density at radius 2 is 1.85 bits per heavy atom. The molecule has 6 nitrogen and oxygen atoms in total. The van der Waals surface area contributed by atoms with Gasteiger partial charge in [-0.3, -0.25) is 14.4 Å². The van der Waals surface area contributed by atoms with Gasteiger partial charge in [0.2, 0.25) is 0 Å². The fourth-order valence-corrected chi connectivity index (χ4v) is 4.08. The van der Waals surface area contributed by atoms with E-state index in [1.165, 1.54) is 0 Å². The Bertz CT molecular complexity index is 700. The predicted molar refractivity (Wildman–Crippen MR) is 100 cm³/mol. The Hall–Kier alpha value is -2.37. The van der Waals surface area contributed by atoms with Crippen LogP contribution in [0.5, 0.6) is 5.75 Å². The number of ether oxygens (including phenoxy) is 2. The van der Waals surface area contributed by atoms with Crippen LogP contribution < -0.4 is 10.1 Å². The SMILES string of the molecule is CCOc1ccccc1NC(=O)[C@H](C)OC(=O)C1C[C@H]2CCC[C@@H](C1)C2=O. The Labute approximate surface area is 159 Å². The van der Waals surface area contributed by atoms with E-state index in [0.29, 0.717) is 36.7 Å². The first-order valence-corrected chi connectivity index (χ1v) is 9.76. The van der Waals surface area contributed by atoms with Crippen LogP contribution in [0.4, 0.5) is 5.69 Å². The molecule has 0 heterocycles. The lowest BCUT2D eigenvalue weighted by Crippen LogP contribution is -2.41. The summed E-state index contributed by atoms with van der Waals surface area (Å²) in [6.45, 7) is 3.92. The van der Waals surface area contributed by atoms with Gasteiger partial charge in [-0.2, -0.15) is 0 Å². The molecule has 0 aromatic heterocycles. The van der Waals surface area contributed by atoms with Gasteiger partial charge in [-0.15, -0.1) is 0 Å². The van der Waals surface area contributed by atoms with E-state index in [-0.39, 0.29) is 23.7 Å². The number of ketones is 1. The molecule has 3 rings (SSSR count). The monoisotopic (exact) mass is 373 g/mol. The Morgan fingerprint density at radius 1 is 1.19 bits per heavy atom. The minimum atomic E-state index is -0.912. The van der Waals surface area contributed by atoms with Crippen molar-refractivity contribution in [1.29, 1.82) is 0 Å². The number of hydrogen-bond donors (Lipinski definition) is 1. The summed E-state index contributed by atoms with van der Waals surface area (Å²) in [5.74, 6) is -0.213. The first-order valence-electron chi connectivity index (χ1n) is 9.76. The molecule has 1 amide bonds. The van der Waals surface area contributed by atoms with Gasteiger partial charge in [0, 0.05) is 11.8 Å². The lowest BCUT2D eigenvalue weighted by atomic mass is 9.67. The summed E-state index contributed by atoms with van der Waals surface area (Å²) < 4.78 is 10.9. The molecule has 146 valence electrons. The maximum Gasteiger partial charge on any atom is 0.309 e. The average Bonchev–Trinajstić information content (AvgIpc) is 2.63. The number of carbonyl (C=O) groups excluding carboxylic acids is 3. The Kier molecular flexibility index (Phi) is 6.14. The molecule has 0 aliphatic heterocycles. The number of Topliss-reactive ketones (excluding diaryl/α,β-unsaturated/α-hetero) is 1. The van der Waals surface area contributed by atoms with Crippen molar-refractivity contribution in [2.75, 3.05) is 11.9 Å². The van der Waals surface area contributed by atoms with E-state index in [9.17, 15) is 14.4 Å². The number of anilines is 1. The maximum atomic E-state index is 12.5. The molecule has 0 radical (unpaired) electrons. The fourth-order valence-electron chi connectivity index (χ4n) is 4.08. The van der Waals surface area contributed by atoms with Crippen LogP contribution in [-0.4, -0.2) is 30.4 Å². The van der Waals surface area contributed by atoms with Crippen molar-refractivity contribution < 1.29 is 23.9 Å². The zero-order chi connectivity index (χ0) is 19.4. The molecule has 2 aliphatic carbocycles. The van der Waals surface area contributed by atoms with Crippen LogP contribution >= 0.6 is 0 Å². The number of nitrogens with one attached hydrogen (secondary N) is 1. The Balaban J connectivity index is 1.57. The highest BCUT2D eigenvalue weighted by molar-refractivity contribution is 5.96. The minimum Gasteiger partial charge on any atom is -0.492 e. The van der Waals surface area contributed by atoms with E-state index in [0.717, 1.165) is 19.3 Å². The second-order valence-corrected chi connectivity index (χ2v) is 7.39. The second-order valence-electron chi connectivity index (χ2n) is 7.39. The van der Waals surface area contributed by atoms with Gasteiger partial charge in [0.05, 0.1) is 18.2 Å². The van der Waals surface area contributed by atoms with Crippen LogP contribution in [-0.2, 0) is 19.1 Å². The first-order chi connectivity index (χ1) is 13.0. The third-order valence-electron chi connectivity index (χ3n) is 5.49. The minimum absolute atomic E-state index is 0.0164. The van der Waals surface area contributed by atoms with Crippen molar-refractivity contribution >= 4 is 23.3 Å². The van der Waals surface area contributed by atoms with Crippen LogP contribution in [0.15, 0.2) is 24.3 Å². The molecular formula is C21H27NO5. The number of hydrogen-bond acceptors (Lipinski definition) is 5. The number of benzene rings is 1. The molecule has 2 fully saturated rings. The number of para-hydroxylation sites is 2. The molecule has 2 aliphatic rings. The van der Waals surface area contributed by atoms with Crippen LogP contribution in [0.1, 0.15) is 46.0 Å². The number of rotatable bonds is 6. The van der Waals surface area contributed by atoms with Crippen LogP contribution in [0.3, 0.4) is 0 Å². The van der Waals surface area contributed by atoms with Crippen molar-refractivity contribution in [3.63, 3.8) is 0 Å². The van der Waals surface area contributed by atoms with Crippen LogP contribution in [0.25, 0.3) is 0 Å². The van der Waals surface area contributed by atoms with Crippen LogP contribution in [0, 0.1) is 17.8 Å². The van der Waals surface area contributed by atoms with E-state index in [1.54, 1.807) is 25.1 Å². The van der Waals surface area contributed by atoms with E-state index in [2.05, 4.69) is 5.32 Å². The second kappa shape index (κ2) is 8.55. The van der Waals surface area contributed by atoms with E-state index < -0.39 is 12.0 Å². The molecule has 1 aromatic rings. The standard InChI is InChI=1S/C21H27NO5/c1-3-26-18-10-5-4-9-17(18)22-20(24)13(2)27-21(25)16-11-14-7-6-8-15(12-16)19(14)23/h4-5,9-10,13-16H,3,6-8,11-12H2,1-2H3,(H,22,24)/t13-,14-,15+,16?/m0/s1. The molecule has 1 aromatic carbocycles. The zero-order valence-electron chi connectivity index (χ0n) is 15.9. The molecular weight excluding hydrogens is 346 g/mol. The van der Waals surface area contributed by atoms with E-state index in [1.807, 2.05) is 13.0 Å². The molecule has 0 spiro atoms. The zero-order valence-corrected chi connectivity index (χ0v) is 15.9. The van der Waals surface area contributed by atoms with Crippen molar-refractivity contribution in [2.45, 2.75) is 52.1 Å². The molecule has 2 bridgehead atoms. The topological polar surface area (TPSA) is 81.7 Å². The highest BCUT2D eigenvalue weighted by Crippen LogP contribution is 2.40. The summed E-state index contributed by atoms with van der Waals surface area (Å²) in [5, 5.41) is 2.76. The fraction of sp³-hybridized carbons (Fsp3) is 0.571. The van der Waals surface area contributed by atoms with Gasteiger partial charge >= 0.3 is 5.97 Å². The molecule has 1 N–H and O–H groups in total. The quantitative estimate of drug-likeness (QED) is 0.774. The number of carbonyl (C=O) groups is 3. The lowest BCUT2D eigenvalue weighted by molar-refractivity contribution is -0.161. The Morgan fingerprint density at radius 3 is 2.52 bits per heavy atom. The number of fused-ring (bicyclic) bond motifs is 2. The highest BCUT2D eigenvalue weighted by atomic mass is 16.5. The van der Waals surface area contributed by atoms with Crippen molar-refractivity contribution in [1.82, 2.24) is 0 Å². The summed E-state index contributed by atoms with van der Waals surface area (Å²) in [6.07, 6.45) is 2.98. The number of amides is 1. The van der Waals surface area contributed by atoms with Crippen molar-refractivity contribution in [2.24, 2.45) is 17.8 Å². The van der Waals surface area contributed by atoms with Gasteiger partial charge < -0.3 is 14.8 Å². The van der Waals surface area contributed by atoms with Crippen LogP contribution in [0.2, 0.25) is 0 Å². The van der Waals surface area contributed by atoms with E-state index >= 15 is 0 Å². The normalized spacial score (nSPS) is 25.4. The number of esters is 1. The molecule has 1 unspecified atom stereocenters. The van der Waals surface area contributed by atoms with Gasteiger partial charge in [0.25, 0.3) is 5.91 Å². The third-order valence-corrected chi connectivity index (χ3v) is 5.49. The van der Waals surface area contributed by atoms with Gasteiger partial charge in [-0.1, -0.05) is 18.6 Å². The summed E-state index contributed by atoms with van der Waals surface area (Å²) in [7, 11) is 0. The van der Waals surface area contributed by atoms with Gasteiger partial charge in [0.1, 0.15) is 11.5 Å². The summed E-state index contributed by atoms with van der Waals surface area (Å²) in [4.78, 5) is 37.1. The maximum absolute atomic E-state index is 12.5. The highest BCUT2D eigenvalue weighted by Gasteiger charge is 2.42. The summed E-state index contributed by atoms with van der Waals surface area (Å²) in [6, 6.07) is 7.14. The molecule has 0 saturated heterocycles. The lowest BCUT2D eigenvalue weighted by Gasteiger charge is -2.36. The smallest absolute Gasteiger partial charge is 0.309 e. The third kappa shape index (κ3) is 4.49. The molecule has 27 heavy (non-hydrogen) atoms. The first kappa shape index (κ1) is 19.4. The summed E-state index contributed by atoms with van der Waals surface area (Å²) in [5.41, 5.74) is 0.546. The molecule has 4 atom stereocenters. The average molecular weight is 373 g/mol. The molecule has 6 heteroatoms. The van der Waals surface area contributed by atoms with E-state index in [4.69, 9.17) is 9.47 Å². The van der Waals surface area contributed by atoms with Gasteiger partial charge in [-0.05, 0) is 51.7 Å².